The molecule has 1 heterocycles. The first-order valence-electron chi connectivity index (χ1n) is 9.53. The van der Waals surface area contributed by atoms with Crippen LogP contribution >= 0.6 is 0 Å². The predicted octanol–water partition coefficient (Wildman–Crippen LogP) is 4.40. The molecule has 0 fully saturated rings. The molecule has 2 aromatic carbocycles. The van der Waals surface area contributed by atoms with Gasteiger partial charge in [0.25, 0.3) is 0 Å². The standard InChI is InChI=1S/C24H25NO5/c1-15-20(23(26)28-4)22(21(24(27)29-5)16(2)25(15)3)17-10-9-13-19(14-17)30-18-11-7-6-8-12-18/h6-14,22H,1-5H3. The molecule has 1 aliphatic heterocycles. The van der Waals surface area contributed by atoms with Gasteiger partial charge in [-0.15, -0.1) is 0 Å². The Morgan fingerprint density at radius 3 is 1.87 bits per heavy atom. The average molecular weight is 407 g/mol. The number of para-hydroxylation sites is 1. The highest BCUT2D eigenvalue weighted by Gasteiger charge is 2.39. The van der Waals surface area contributed by atoms with Crippen LogP contribution in [0.15, 0.2) is 77.1 Å². The first-order chi connectivity index (χ1) is 14.4. The monoisotopic (exact) mass is 407 g/mol. The molecule has 2 aromatic rings. The fourth-order valence-corrected chi connectivity index (χ4v) is 3.64. The summed E-state index contributed by atoms with van der Waals surface area (Å²) in [4.78, 5) is 27.3. The third-order valence-corrected chi connectivity index (χ3v) is 5.34. The molecule has 6 nitrogen and oxygen atoms in total. The van der Waals surface area contributed by atoms with Gasteiger partial charge in [-0.25, -0.2) is 9.59 Å². The molecule has 3 rings (SSSR count). The van der Waals surface area contributed by atoms with Crippen molar-refractivity contribution in [1.29, 1.82) is 0 Å². The van der Waals surface area contributed by atoms with Gasteiger partial charge < -0.3 is 19.1 Å². The lowest BCUT2D eigenvalue weighted by Crippen LogP contribution is -2.33. The maximum atomic E-state index is 12.7. The van der Waals surface area contributed by atoms with E-state index in [4.69, 9.17) is 14.2 Å². The van der Waals surface area contributed by atoms with Crippen LogP contribution in [0.2, 0.25) is 0 Å². The first-order valence-corrected chi connectivity index (χ1v) is 9.53. The number of ether oxygens (including phenoxy) is 3. The molecule has 0 aromatic heterocycles. The van der Waals surface area contributed by atoms with Gasteiger partial charge in [0.05, 0.1) is 31.3 Å². The van der Waals surface area contributed by atoms with Gasteiger partial charge in [0.15, 0.2) is 0 Å². The smallest absolute Gasteiger partial charge is 0.336 e. The second-order valence-electron chi connectivity index (χ2n) is 6.96. The minimum absolute atomic E-state index is 0.392. The molecule has 6 heteroatoms. The van der Waals surface area contributed by atoms with Gasteiger partial charge in [0.2, 0.25) is 0 Å². The van der Waals surface area contributed by atoms with Gasteiger partial charge >= 0.3 is 11.9 Å². The summed E-state index contributed by atoms with van der Waals surface area (Å²) in [7, 11) is 4.47. The van der Waals surface area contributed by atoms with Gasteiger partial charge in [-0.05, 0) is 43.7 Å². The van der Waals surface area contributed by atoms with Crippen molar-refractivity contribution in [3.05, 3.63) is 82.7 Å². The van der Waals surface area contributed by atoms with Crippen LogP contribution in [0.1, 0.15) is 25.3 Å². The molecule has 156 valence electrons. The number of rotatable bonds is 5. The molecular formula is C24H25NO5. The Morgan fingerprint density at radius 1 is 0.800 bits per heavy atom. The lowest BCUT2D eigenvalue weighted by Gasteiger charge is -2.35. The molecule has 0 spiro atoms. The fourth-order valence-electron chi connectivity index (χ4n) is 3.64. The SMILES string of the molecule is COC(=O)C1=C(C)N(C)C(C)=C(C(=O)OC)C1c1cccc(Oc2ccccc2)c1. The molecule has 1 aliphatic rings. The van der Waals surface area contributed by atoms with Crippen LogP contribution < -0.4 is 4.74 Å². The summed E-state index contributed by atoms with van der Waals surface area (Å²) in [6.07, 6.45) is 0. The molecule has 0 saturated carbocycles. The molecule has 30 heavy (non-hydrogen) atoms. The number of benzene rings is 2. The molecule has 0 amide bonds. The zero-order valence-corrected chi connectivity index (χ0v) is 17.8. The topological polar surface area (TPSA) is 65.1 Å². The summed E-state index contributed by atoms with van der Waals surface area (Å²) in [5.74, 6) is -0.333. The summed E-state index contributed by atoms with van der Waals surface area (Å²) < 4.78 is 16.1. The largest absolute Gasteiger partial charge is 0.466 e. The minimum Gasteiger partial charge on any atom is -0.466 e. The normalized spacial score (nSPS) is 14.6. The highest BCUT2D eigenvalue weighted by molar-refractivity contribution is 5.99. The Labute approximate surface area is 176 Å². The van der Waals surface area contributed by atoms with E-state index in [9.17, 15) is 9.59 Å². The number of hydrogen-bond acceptors (Lipinski definition) is 6. The molecular weight excluding hydrogens is 382 g/mol. The summed E-state index contributed by atoms with van der Waals surface area (Å²) >= 11 is 0. The second-order valence-corrected chi connectivity index (χ2v) is 6.96. The van der Waals surface area contributed by atoms with Crippen LogP contribution in [0.3, 0.4) is 0 Å². The van der Waals surface area contributed by atoms with Crippen molar-refractivity contribution in [3.8, 4) is 11.5 Å². The Bertz CT molecular complexity index is 983. The van der Waals surface area contributed by atoms with E-state index in [1.807, 2.05) is 75.5 Å². The van der Waals surface area contributed by atoms with Crippen molar-refractivity contribution in [3.63, 3.8) is 0 Å². The third kappa shape index (κ3) is 3.94. The molecule has 0 N–H and O–H groups in total. The third-order valence-electron chi connectivity index (χ3n) is 5.34. The van der Waals surface area contributed by atoms with Gasteiger partial charge in [-0.1, -0.05) is 30.3 Å². The lowest BCUT2D eigenvalue weighted by atomic mass is 9.80. The van der Waals surface area contributed by atoms with E-state index < -0.39 is 17.9 Å². The lowest BCUT2D eigenvalue weighted by molar-refractivity contribution is -0.137. The molecule has 0 atom stereocenters. The van der Waals surface area contributed by atoms with Crippen molar-refractivity contribution in [2.45, 2.75) is 19.8 Å². The van der Waals surface area contributed by atoms with Crippen LogP contribution in [-0.4, -0.2) is 38.1 Å². The highest BCUT2D eigenvalue weighted by Crippen LogP contribution is 2.43. The number of methoxy groups -OCH3 is 2. The van der Waals surface area contributed by atoms with Crippen molar-refractivity contribution < 1.29 is 23.8 Å². The Balaban J connectivity index is 2.14. The van der Waals surface area contributed by atoms with Crippen LogP contribution in [0.25, 0.3) is 0 Å². The fraction of sp³-hybridized carbons (Fsp3) is 0.250. The maximum Gasteiger partial charge on any atom is 0.336 e. The van der Waals surface area contributed by atoms with Crippen molar-refractivity contribution in [1.82, 2.24) is 4.90 Å². The number of nitrogens with zero attached hydrogens (tertiary/aromatic N) is 1. The van der Waals surface area contributed by atoms with E-state index in [1.165, 1.54) is 14.2 Å². The second kappa shape index (κ2) is 8.86. The molecule has 0 unspecified atom stereocenters. The maximum absolute atomic E-state index is 12.7. The van der Waals surface area contributed by atoms with Crippen molar-refractivity contribution in [2.24, 2.45) is 0 Å². The number of carbonyl (C=O) groups is 2. The van der Waals surface area contributed by atoms with Crippen LogP contribution in [0, 0.1) is 0 Å². The summed E-state index contributed by atoms with van der Waals surface area (Å²) in [5, 5.41) is 0. The Morgan fingerprint density at radius 2 is 1.33 bits per heavy atom. The minimum atomic E-state index is -0.638. The van der Waals surface area contributed by atoms with E-state index in [0.29, 0.717) is 34.0 Å². The first kappa shape index (κ1) is 21.2. The van der Waals surface area contributed by atoms with E-state index in [2.05, 4.69) is 0 Å². The van der Waals surface area contributed by atoms with Crippen LogP contribution in [-0.2, 0) is 19.1 Å². The van der Waals surface area contributed by atoms with Gasteiger partial charge in [0.1, 0.15) is 11.5 Å². The number of esters is 2. The van der Waals surface area contributed by atoms with Gasteiger partial charge in [-0.3, -0.25) is 0 Å². The highest BCUT2D eigenvalue weighted by atomic mass is 16.5. The summed E-state index contributed by atoms with van der Waals surface area (Å²) in [6.45, 7) is 3.67. The zero-order valence-electron chi connectivity index (χ0n) is 17.8. The molecule has 0 aliphatic carbocycles. The molecule has 0 bridgehead atoms. The molecule has 0 radical (unpaired) electrons. The van der Waals surface area contributed by atoms with E-state index in [1.54, 1.807) is 4.90 Å². The summed E-state index contributed by atoms with van der Waals surface area (Å²) in [6, 6.07) is 16.8. The predicted molar refractivity (Wildman–Crippen MR) is 113 cm³/mol. The van der Waals surface area contributed by atoms with Gasteiger partial charge in [0, 0.05) is 18.4 Å². The van der Waals surface area contributed by atoms with Crippen molar-refractivity contribution >= 4 is 11.9 Å². The number of allylic oxidation sites excluding steroid dienone is 2. The molecule has 0 saturated heterocycles. The van der Waals surface area contributed by atoms with E-state index in [0.717, 1.165) is 5.56 Å². The van der Waals surface area contributed by atoms with E-state index in [-0.39, 0.29) is 0 Å². The van der Waals surface area contributed by atoms with Crippen molar-refractivity contribution in [2.75, 3.05) is 21.3 Å². The average Bonchev–Trinajstić information content (AvgIpc) is 2.77. The van der Waals surface area contributed by atoms with Crippen LogP contribution in [0.4, 0.5) is 0 Å². The Hall–Kier alpha value is -3.54. The zero-order chi connectivity index (χ0) is 21.8. The number of hydrogen-bond donors (Lipinski definition) is 0. The Kier molecular flexibility index (Phi) is 6.26. The van der Waals surface area contributed by atoms with E-state index >= 15 is 0 Å². The van der Waals surface area contributed by atoms with Crippen LogP contribution in [0.5, 0.6) is 11.5 Å². The summed E-state index contributed by atoms with van der Waals surface area (Å²) in [5.41, 5.74) is 2.94. The van der Waals surface area contributed by atoms with Gasteiger partial charge in [-0.2, -0.15) is 0 Å². The quantitative estimate of drug-likeness (QED) is 0.685. The number of carbonyl (C=O) groups excluding carboxylic acids is 2.